The van der Waals surface area contributed by atoms with Gasteiger partial charge in [-0.05, 0) is 60.9 Å². The topological polar surface area (TPSA) is 32.3 Å². The summed E-state index contributed by atoms with van der Waals surface area (Å²) in [5, 5.41) is 3.32. The number of hydrogen-bond acceptors (Lipinski definition) is 2. The van der Waals surface area contributed by atoms with Crippen LogP contribution < -0.4 is 5.32 Å². The van der Waals surface area contributed by atoms with Crippen molar-refractivity contribution in [3.63, 3.8) is 0 Å². The summed E-state index contributed by atoms with van der Waals surface area (Å²) in [6.45, 7) is 4.00. The normalized spacial score (nSPS) is 16.6. The maximum absolute atomic E-state index is 12.5. The van der Waals surface area contributed by atoms with Crippen molar-refractivity contribution in [2.24, 2.45) is 0 Å². The Balaban J connectivity index is 2.16. The van der Waals surface area contributed by atoms with Gasteiger partial charge in [-0.25, -0.2) is 0 Å². The fourth-order valence-corrected chi connectivity index (χ4v) is 2.77. The molecule has 98 valence electrons. The third kappa shape index (κ3) is 2.93. The van der Waals surface area contributed by atoms with Crippen molar-refractivity contribution in [3.8, 4) is 0 Å². The number of halogens is 1. The number of carbonyl (C=O) groups excluding carboxylic acids is 1. The molecule has 0 aliphatic carbocycles. The highest BCUT2D eigenvalue weighted by atomic mass is 79.9. The second-order valence-electron chi connectivity index (χ2n) is 4.88. The van der Waals surface area contributed by atoms with Crippen molar-refractivity contribution in [2.45, 2.75) is 25.8 Å². The highest BCUT2D eigenvalue weighted by Gasteiger charge is 2.23. The number of nitrogens with one attached hydrogen (secondary N) is 1. The van der Waals surface area contributed by atoms with E-state index in [-0.39, 0.29) is 5.91 Å². The van der Waals surface area contributed by atoms with Crippen LogP contribution in [0.25, 0.3) is 0 Å². The number of carbonyl (C=O) groups is 1. The highest BCUT2D eigenvalue weighted by Crippen LogP contribution is 2.21. The molecular weight excluding hydrogens is 292 g/mol. The Hall–Kier alpha value is -0.870. The molecule has 1 aromatic rings. The SMILES string of the molecule is Cc1ccc(Br)c(C(=O)N(C)C2CCNCC2)c1. The lowest BCUT2D eigenvalue weighted by Gasteiger charge is -2.32. The van der Waals surface area contributed by atoms with Crippen LogP contribution in [0.3, 0.4) is 0 Å². The van der Waals surface area contributed by atoms with Gasteiger partial charge in [0, 0.05) is 17.6 Å². The Morgan fingerprint density at radius 1 is 1.39 bits per heavy atom. The lowest BCUT2D eigenvalue weighted by molar-refractivity contribution is 0.0702. The molecule has 1 fully saturated rings. The van der Waals surface area contributed by atoms with Gasteiger partial charge < -0.3 is 10.2 Å². The van der Waals surface area contributed by atoms with Crippen molar-refractivity contribution in [3.05, 3.63) is 33.8 Å². The fraction of sp³-hybridized carbons (Fsp3) is 0.500. The van der Waals surface area contributed by atoms with Crippen molar-refractivity contribution >= 4 is 21.8 Å². The van der Waals surface area contributed by atoms with Gasteiger partial charge in [-0.15, -0.1) is 0 Å². The summed E-state index contributed by atoms with van der Waals surface area (Å²) in [6, 6.07) is 6.25. The van der Waals surface area contributed by atoms with Gasteiger partial charge in [0.05, 0.1) is 5.56 Å². The molecule has 1 N–H and O–H groups in total. The number of rotatable bonds is 2. The van der Waals surface area contributed by atoms with Crippen LogP contribution in [0.15, 0.2) is 22.7 Å². The molecule has 0 radical (unpaired) electrons. The molecule has 0 unspecified atom stereocenters. The predicted octanol–water partition coefficient (Wildman–Crippen LogP) is 2.58. The van der Waals surface area contributed by atoms with Crippen LogP contribution in [0, 0.1) is 6.92 Å². The minimum Gasteiger partial charge on any atom is -0.339 e. The molecule has 0 spiro atoms. The molecule has 4 heteroatoms. The third-order valence-electron chi connectivity index (χ3n) is 3.53. The summed E-state index contributed by atoms with van der Waals surface area (Å²) in [7, 11) is 1.91. The van der Waals surface area contributed by atoms with Crippen molar-refractivity contribution < 1.29 is 4.79 Å². The maximum atomic E-state index is 12.5. The molecule has 3 nitrogen and oxygen atoms in total. The standard InChI is InChI=1S/C14H19BrN2O/c1-10-3-4-13(15)12(9-10)14(18)17(2)11-5-7-16-8-6-11/h3-4,9,11,16H,5-8H2,1-2H3. The first-order valence-electron chi connectivity index (χ1n) is 6.33. The minimum absolute atomic E-state index is 0.109. The van der Waals surface area contributed by atoms with E-state index in [0.29, 0.717) is 6.04 Å². The number of benzene rings is 1. The van der Waals surface area contributed by atoms with Crippen LogP contribution in [0.1, 0.15) is 28.8 Å². The van der Waals surface area contributed by atoms with E-state index in [4.69, 9.17) is 0 Å². The van der Waals surface area contributed by atoms with E-state index in [1.165, 1.54) is 0 Å². The second kappa shape index (κ2) is 5.85. The minimum atomic E-state index is 0.109. The zero-order valence-corrected chi connectivity index (χ0v) is 12.5. The van der Waals surface area contributed by atoms with E-state index < -0.39 is 0 Å². The molecule has 1 amide bonds. The Morgan fingerprint density at radius 3 is 2.72 bits per heavy atom. The summed E-state index contributed by atoms with van der Waals surface area (Å²) in [6.07, 6.45) is 2.07. The van der Waals surface area contributed by atoms with E-state index in [2.05, 4.69) is 21.2 Å². The lowest BCUT2D eigenvalue weighted by Crippen LogP contribution is -2.44. The molecule has 1 saturated heterocycles. The molecule has 0 saturated carbocycles. The number of hydrogen-bond donors (Lipinski definition) is 1. The lowest BCUT2D eigenvalue weighted by atomic mass is 10.0. The van der Waals surface area contributed by atoms with Gasteiger partial charge in [-0.1, -0.05) is 11.6 Å². The summed E-state index contributed by atoms with van der Waals surface area (Å²) in [4.78, 5) is 14.4. The van der Waals surface area contributed by atoms with Gasteiger partial charge >= 0.3 is 0 Å². The van der Waals surface area contributed by atoms with E-state index in [1.54, 1.807) is 0 Å². The van der Waals surface area contributed by atoms with Gasteiger partial charge in [-0.3, -0.25) is 4.79 Å². The highest BCUT2D eigenvalue weighted by molar-refractivity contribution is 9.10. The zero-order valence-electron chi connectivity index (χ0n) is 10.9. The molecule has 1 aliphatic heterocycles. The monoisotopic (exact) mass is 310 g/mol. The van der Waals surface area contributed by atoms with Crippen molar-refractivity contribution in [1.82, 2.24) is 10.2 Å². The molecule has 0 bridgehead atoms. The summed E-state index contributed by atoms with van der Waals surface area (Å²) in [5.74, 6) is 0.109. The van der Waals surface area contributed by atoms with E-state index in [9.17, 15) is 4.79 Å². The van der Waals surface area contributed by atoms with E-state index >= 15 is 0 Å². The second-order valence-corrected chi connectivity index (χ2v) is 5.73. The summed E-state index contributed by atoms with van der Waals surface area (Å²) < 4.78 is 0.874. The zero-order chi connectivity index (χ0) is 13.1. The third-order valence-corrected chi connectivity index (χ3v) is 4.22. The quantitative estimate of drug-likeness (QED) is 0.910. The number of amides is 1. The smallest absolute Gasteiger partial charge is 0.255 e. The van der Waals surface area contributed by atoms with Crippen LogP contribution in [-0.4, -0.2) is 37.0 Å². The number of piperidine rings is 1. The summed E-state index contributed by atoms with van der Waals surface area (Å²) >= 11 is 3.46. The fourth-order valence-electron chi connectivity index (χ4n) is 2.35. The molecule has 0 aromatic heterocycles. The van der Waals surface area contributed by atoms with Crippen LogP contribution in [-0.2, 0) is 0 Å². The molecule has 18 heavy (non-hydrogen) atoms. The predicted molar refractivity (Wildman–Crippen MR) is 76.9 cm³/mol. The average Bonchev–Trinajstić information content (AvgIpc) is 2.41. The first-order chi connectivity index (χ1) is 8.59. The molecule has 1 aliphatic rings. The summed E-state index contributed by atoms with van der Waals surface area (Å²) in [5.41, 5.74) is 1.87. The Bertz CT molecular complexity index is 441. The molecule has 0 atom stereocenters. The van der Waals surface area contributed by atoms with Crippen LogP contribution >= 0.6 is 15.9 Å². The van der Waals surface area contributed by atoms with Crippen LogP contribution in [0.4, 0.5) is 0 Å². The average molecular weight is 311 g/mol. The first kappa shape index (κ1) is 13.6. The van der Waals surface area contributed by atoms with E-state index in [1.807, 2.05) is 37.1 Å². The van der Waals surface area contributed by atoms with Gasteiger partial charge in [0.1, 0.15) is 0 Å². The van der Waals surface area contributed by atoms with Crippen molar-refractivity contribution in [1.29, 1.82) is 0 Å². The van der Waals surface area contributed by atoms with Gasteiger partial charge in [0.2, 0.25) is 0 Å². The molecule has 1 aromatic carbocycles. The first-order valence-corrected chi connectivity index (χ1v) is 7.13. The number of aryl methyl sites for hydroxylation is 1. The Morgan fingerprint density at radius 2 is 2.06 bits per heavy atom. The van der Waals surface area contributed by atoms with Gasteiger partial charge in [-0.2, -0.15) is 0 Å². The van der Waals surface area contributed by atoms with Gasteiger partial charge in [0.15, 0.2) is 0 Å². The molecular formula is C14H19BrN2O. The van der Waals surface area contributed by atoms with Crippen LogP contribution in [0.5, 0.6) is 0 Å². The number of nitrogens with zero attached hydrogens (tertiary/aromatic N) is 1. The van der Waals surface area contributed by atoms with Gasteiger partial charge in [0.25, 0.3) is 5.91 Å². The van der Waals surface area contributed by atoms with E-state index in [0.717, 1.165) is 41.5 Å². The Kier molecular flexibility index (Phi) is 4.40. The largest absolute Gasteiger partial charge is 0.339 e. The molecule has 2 rings (SSSR count). The Labute approximate surface area is 117 Å². The van der Waals surface area contributed by atoms with Crippen LogP contribution in [0.2, 0.25) is 0 Å². The maximum Gasteiger partial charge on any atom is 0.255 e. The van der Waals surface area contributed by atoms with Crippen molar-refractivity contribution in [2.75, 3.05) is 20.1 Å². The molecule has 1 heterocycles.